The van der Waals surface area contributed by atoms with Crippen molar-refractivity contribution in [3.05, 3.63) is 34.3 Å². The van der Waals surface area contributed by atoms with Crippen molar-refractivity contribution in [2.24, 2.45) is 5.73 Å². The smallest absolute Gasteiger partial charge is 0.237 e. The largest absolute Gasteiger partial charge is 0.352 e. The molecule has 1 unspecified atom stereocenters. The molecule has 0 saturated carbocycles. The number of halogens is 1. The first-order chi connectivity index (χ1) is 9.52. The lowest BCUT2D eigenvalue weighted by Crippen LogP contribution is -2.44. The zero-order valence-corrected chi connectivity index (χ0v) is 14.5. The average molecular weight is 359 g/mol. The minimum atomic E-state index is -0.391. The Morgan fingerprint density at radius 3 is 2.60 bits per heavy atom. The first-order valence-electron chi connectivity index (χ1n) is 6.82. The Hall–Kier alpha value is -0.520. The van der Waals surface area contributed by atoms with E-state index in [-0.39, 0.29) is 11.9 Å². The van der Waals surface area contributed by atoms with Crippen LogP contribution in [0.2, 0.25) is 0 Å². The van der Waals surface area contributed by atoms with Crippen molar-refractivity contribution in [1.29, 1.82) is 0 Å². The second-order valence-electron chi connectivity index (χ2n) is 4.96. The van der Waals surface area contributed by atoms with Gasteiger partial charge in [-0.2, -0.15) is 11.8 Å². The van der Waals surface area contributed by atoms with E-state index in [1.807, 2.05) is 25.3 Å². The van der Waals surface area contributed by atoms with E-state index >= 15 is 0 Å². The monoisotopic (exact) mass is 358 g/mol. The Morgan fingerprint density at radius 2 is 2.00 bits per heavy atom. The van der Waals surface area contributed by atoms with Crippen LogP contribution in [0.5, 0.6) is 0 Å². The number of nitrogens with two attached hydrogens (primary N) is 1. The third-order valence-corrected chi connectivity index (χ3v) is 4.31. The molecule has 0 bridgehead atoms. The van der Waals surface area contributed by atoms with Crippen molar-refractivity contribution in [2.45, 2.75) is 38.3 Å². The van der Waals surface area contributed by atoms with Crippen molar-refractivity contribution < 1.29 is 4.79 Å². The summed E-state index contributed by atoms with van der Waals surface area (Å²) in [5.41, 5.74) is 7.12. The fourth-order valence-electron chi connectivity index (χ4n) is 1.83. The first-order valence-corrected chi connectivity index (χ1v) is 9.01. The number of carbonyl (C=O) groups excluding carboxylic acids is 1. The molecule has 1 aromatic rings. The molecule has 0 heterocycles. The molecule has 5 heteroatoms. The van der Waals surface area contributed by atoms with Crippen LogP contribution in [0, 0.1) is 0 Å². The van der Waals surface area contributed by atoms with Gasteiger partial charge in [0.2, 0.25) is 5.91 Å². The second-order valence-corrected chi connectivity index (χ2v) is 6.86. The Labute approximate surface area is 134 Å². The minimum Gasteiger partial charge on any atom is -0.352 e. The van der Waals surface area contributed by atoms with Crippen LogP contribution in [0.4, 0.5) is 0 Å². The summed E-state index contributed by atoms with van der Waals surface area (Å²) in [6.45, 7) is 2.03. The Bertz CT molecular complexity index is 411. The van der Waals surface area contributed by atoms with Crippen LogP contribution in [-0.4, -0.2) is 30.0 Å². The first kappa shape index (κ1) is 17.5. The lowest BCUT2D eigenvalue weighted by atomic mass is 10.1. The Morgan fingerprint density at radius 1 is 1.35 bits per heavy atom. The van der Waals surface area contributed by atoms with Crippen LogP contribution >= 0.6 is 27.7 Å². The van der Waals surface area contributed by atoms with E-state index in [1.54, 1.807) is 11.8 Å². The van der Waals surface area contributed by atoms with Gasteiger partial charge in [0.25, 0.3) is 0 Å². The lowest BCUT2D eigenvalue weighted by Gasteiger charge is -2.17. The van der Waals surface area contributed by atoms with Crippen molar-refractivity contribution in [3.63, 3.8) is 0 Å². The third kappa shape index (κ3) is 6.77. The number of carbonyl (C=O) groups is 1. The predicted octanol–water partition coefficient (Wildman–Crippen LogP) is 2.97. The predicted molar refractivity (Wildman–Crippen MR) is 91.0 cm³/mol. The molecule has 3 nitrogen and oxygen atoms in total. The van der Waals surface area contributed by atoms with E-state index in [0.717, 1.165) is 29.5 Å². The molecule has 0 spiro atoms. The molecule has 0 saturated heterocycles. The van der Waals surface area contributed by atoms with Gasteiger partial charge in [-0.15, -0.1) is 0 Å². The van der Waals surface area contributed by atoms with Gasteiger partial charge in [-0.05, 0) is 55.9 Å². The summed E-state index contributed by atoms with van der Waals surface area (Å²) in [6, 6.07) is 8.03. The third-order valence-electron chi connectivity index (χ3n) is 3.14. The highest BCUT2D eigenvalue weighted by atomic mass is 79.9. The number of benzene rings is 1. The molecule has 0 aliphatic heterocycles. The Balaban J connectivity index is 2.30. The van der Waals surface area contributed by atoms with Gasteiger partial charge >= 0.3 is 0 Å². The molecular formula is C15H23BrN2OS. The molecule has 1 amide bonds. The zero-order valence-electron chi connectivity index (χ0n) is 12.1. The van der Waals surface area contributed by atoms with E-state index in [4.69, 9.17) is 5.73 Å². The maximum Gasteiger partial charge on any atom is 0.237 e. The fraction of sp³-hybridized carbons (Fsp3) is 0.533. The van der Waals surface area contributed by atoms with Crippen LogP contribution in [0.15, 0.2) is 28.7 Å². The number of hydrogen-bond donors (Lipinski definition) is 2. The highest BCUT2D eigenvalue weighted by Gasteiger charge is 2.15. The quantitative estimate of drug-likeness (QED) is 0.750. The van der Waals surface area contributed by atoms with E-state index < -0.39 is 6.04 Å². The molecule has 0 aromatic heterocycles. The maximum atomic E-state index is 11.9. The summed E-state index contributed by atoms with van der Waals surface area (Å²) < 4.78 is 1.09. The van der Waals surface area contributed by atoms with Crippen LogP contribution in [0.25, 0.3) is 0 Å². The van der Waals surface area contributed by atoms with E-state index in [0.29, 0.717) is 0 Å². The van der Waals surface area contributed by atoms with E-state index in [2.05, 4.69) is 33.4 Å². The molecular weight excluding hydrogens is 336 g/mol. The molecule has 2 atom stereocenters. The fourth-order valence-corrected chi connectivity index (χ4v) is 2.59. The van der Waals surface area contributed by atoms with Crippen molar-refractivity contribution >= 4 is 33.6 Å². The zero-order chi connectivity index (χ0) is 15.0. The topological polar surface area (TPSA) is 55.1 Å². The summed E-state index contributed by atoms with van der Waals surface area (Å²) in [7, 11) is 0. The van der Waals surface area contributed by atoms with Gasteiger partial charge < -0.3 is 11.1 Å². The number of rotatable bonds is 8. The number of nitrogens with one attached hydrogen (secondary N) is 1. The summed E-state index contributed by atoms with van der Waals surface area (Å²) in [5, 5.41) is 2.99. The van der Waals surface area contributed by atoms with Gasteiger partial charge in [0.15, 0.2) is 0 Å². The van der Waals surface area contributed by atoms with Gasteiger partial charge in [0.05, 0.1) is 6.04 Å². The Kier molecular flexibility index (Phi) is 8.26. The van der Waals surface area contributed by atoms with Gasteiger partial charge in [-0.25, -0.2) is 0 Å². The summed E-state index contributed by atoms with van der Waals surface area (Å²) in [4.78, 5) is 11.9. The second kappa shape index (κ2) is 9.42. The molecule has 1 rings (SSSR count). The van der Waals surface area contributed by atoms with Crippen LogP contribution in [-0.2, 0) is 11.2 Å². The molecule has 0 aliphatic rings. The summed E-state index contributed by atoms with van der Waals surface area (Å²) in [5.74, 6) is 0.879. The minimum absolute atomic E-state index is 0.0395. The number of thioether (sulfide) groups is 1. The van der Waals surface area contributed by atoms with Gasteiger partial charge in [-0.1, -0.05) is 28.1 Å². The van der Waals surface area contributed by atoms with Crippen molar-refractivity contribution in [1.82, 2.24) is 5.32 Å². The highest BCUT2D eigenvalue weighted by molar-refractivity contribution is 9.10. The molecule has 1 aromatic carbocycles. The lowest BCUT2D eigenvalue weighted by molar-refractivity contribution is -0.123. The van der Waals surface area contributed by atoms with Crippen molar-refractivity contribution in [2.75, 3.05) is 12.0 Å². The normalized spacial score (nSPS) is 13.8. The summed E-state index contributed by atoms with van der Waals surface area (Å²) >= 11 is 5.13. The summed E-state index contributed by atoms with van der Waals surface area (Å²) in [6.07, 6.45) is 4.62. The average Bonchev–Trinajstić information content (AvgIpc) is 2.44. The van der Waals surface area contributed by atoms with E-state index in [1.165, 1.54) is 5.56 Å². The molecule has 3 N–H and O–H groups in total. The maximum absolute atomic E-state index is 11.9. The van der Waals surface area contributed by atoms with Crippen LogP contribution in [0.1, 0.15) is 25.3 Å². The van der Waals surface area contributed by atoms with Gasteiger partial charge in [0, 0.05) is 10.5 Å². The van der Waals surface area contributed by atoms with E-state index in [9.17, 15) is 4.79 Å². The standard InChI is InChI=1S/C15H23BrN2OS/c1-11(18-15(19)14(17)9-10-20-2)3-4-12-5-7-13(16)8-6-12/h5-8,11,14H,3-4,9-10,17H2,1-2H3,(H,18,19)/t11?,14-/m0/s1. The molecule has 0 aliphatic carbocycles. The number of aryl methyl sites for hydroxylation is 1. The molecule has 0 radical (unpaired) electrons. The highest BCUT2D eigenvalue weighted by Crippen LogP contribution is 2.12. The molecule has 20 heavy (non-hydrogen) atoms. The van der Waals surface area contributed by atoms with Gasteiger partial charge in [0.1, 0.15) is 0 Å². The number of hydrogen-bond acceptors (Lipinski definition) is 3. The van der Waals surface area contributed by atoms with Crippen LogP contribution < -0.4 is 11.1 Å². The SMILES string of the molecule is CSCC[C@H](N)C(=O)NC(C)CCc1ccc(Br)cc1. The molecule has 0 fully saturated rings. The van der Waals surface area contributed by atoms with Crippen molar-refractivity contribution in [3.8, 4) is 0 Å². The van der Waals surface area contributed by atoms with Gasteiger partial charge in [-0.3, -0.25) is 4.79 Å². The molecule has 112 valence electrons. The van der Waals surface area contributed by atoms with Crippen LogP contribution in [0.3, 0.4) is 0 Å². The number of amides is 1.